The maximum atomic E-state index is 11.7. The van der Waals surface area contributed by atoms with Crippen molar-refractivity contribution in [2.75, 3.05) is 17.3 Å². The van der Waals surface area contributed by atoms with Crippen LogP contribution < -0.4 is 10.2 Å². The van der Waals surface area contributed by atoms with E-state index in [1.165, 1.54) is 37.8 Å². The van der Waals surface area contributed by atoms with E-state index in [0.717, 1.165) is 59.7 Å². The fourth-order valence-electron chi connectivity index (χ4n) is 5.02. The quantitative estimate of drug-likeness (QED) is 0.570. The number of rotatable bonds is 3. The van der Waals surface area contributed by atoms with Crippen LogP contribution in [0.1, 0.15) is 49.8 Å². The zero-order chi connectivity index (χ0) is 22.6. The number of methoxy groups -OCH3 is 1. The molecule has 1 aliphatic carbocycles. The standard InChI is InChI=1S/C19H17N5O.C7H14O/c25-12-23-11-14-3-1-7-20-19(14)22-16-6-5-13(9-18(16)23)15-10-21-24-8-2-4-17(15)24;1-8-7-5-3-2-4-6-7/h1,3,5-7,9-10,12H,2,4,8,11H2,(H,20,22);7H,2-6H2,1H3. The van der Waals surface area contributed by atoms with E-state index < -0.39 is 0 Å². The van der Waals surface area contributed by atoms with E-state index in [9.17, 15) is 4.79 Å². The zero-order valence-corrected chi connectivity index (χ0v) is 19.2. The molecule has 3 aromatic rings. The van der Waals surface area contributed by atoms with Crippen molar-refractivity contribution in [1.82, 2.24) is 14.8 Å². The summed E-state index contributed by atoms with van der Waals surface area (Å²) in [6.45, 7) is 1.49. The second kappa shape index (κ2) is 9.75. The van der Waals surface area contributed by atoms with Crippen LogP contribution >= 0.6 is 0 Å². The Kier molecular flexibility index (Phi) is 6.39. The molecule has 0 bridgehead atoms. The summed E-state index contributed by atoms with van der Waals surface area (Å²) in [6.07, 6.45) is 14.1. The SMILES string of the molecule is COC1CCCCC1.O=CN1Cc2cccnc2Nc2ccc(-c3cnn4c3CCC4)cc21. The van der Waals surface area contributed by atoms with Crippen molar-refractivity contribution in [3.8, 4) is 11.1 Å². The Balaban J connectivity index is 0.000000243. The number of hydrogen-bond acceptors (Lipinski definition) is 5. The molecule has 33 heavy (non-hydrogen) atoms. The molecule has 172 valence electrons. The minimum absolute atomic E-state index is 0.502. The van der Waals surface area contributed by atoms with E-state index in [1.807, 2.05) is 31.5 Å². The summed E-state index contributed by atoms with van der Waals surface area (Å²) in [5.41, 5.74) is 6.28. The molecule has 2 aromatic heterocycles. The summed E-state index contributed by atoms with van der Waals surface area (Å²) in [5, 5.41) is 7.84. The molecule has 6 rings (SSSR count). The van der Waals surface area contributed by atoms with Gasteiger partial charge in [0.2, 0.25) is 6.41 Å². The molecule has 1 aromatic carbocycles. The van der Waals surface area contributed by atoms with Crippen LogP contribution in [0.5, 0.6) is 0 Å². The summed E-state index contributed by atoms with van der Waals surface area (Å²) in [5.74, 6) is 0.798. The summed E-state index contributed by atoms with van der Waals surface area (Å²) in [7, 11) is 1.82. The lowest BCUT2D eigenvalue weighted by molar-refractivity contribution is -0.107. The number of pyridine rings is 1. The van der Waals surface area contributed by atoms with Gasteiger partial charge in [-0.05, 0) is 49.4 Å². The number of carbonyl (C=O) groups excluding carboxylic acids is 1. The van der Waals surface area contributed by atoms with Gasteiger partial charge >= 0.3 is 0 Å². The van der Waals surface area contributed by atoms with E-state index in [2.05, 4.69) is 32.2 Å². The van der Waals surface area contributed by atoms with Gasteiger partial charge in [-0.1, -0.05) is 31.4 Å². The number of anilines is 3. The van der Waals surface area contributed by atoms with Crippen LogP contribution in [0.4, 0.5) is 17.2 Å². The van der Waals surface area contributed by atoms with Crippen molar-refractivity contribution in [3.05, 3.63) is 54.0 Å². The fraction of sp³-hybridized carbons (Fsp3) is 0.423. The van der Waals surface area contributed by atoms with Crippen LogP contribution in [0.25, 0.3) is 11.1 Å². The third-order valence-corrected chi connectivity index (χ3v) is 6.85. The van der Waals surface area contributed by atoms with Crippen LogP contribution in [0.3, 0.4) is 0 Å². The average Bonchev–Trinajstić information content (AvgIpc) is 3.45. The van der Waals surface area contributed by atoms with Gasteiger partial charge < -0.3 is 15.0 Å². The number of carbonyl (C=O) groups is 1. The Bertz CT molecular complexity index is 1120. The smallest absolute Gasteiger partial charge is 0.214 e. The van der Waals surface area contributed by atoms with Crippen LogP contribution in [-0.4, -0.2) is 34.4 Å². The molecule has 1 N–H and O–H groups in total. The summed E-state index contributed by atoms with van der Waals surface area (Å²) in [6, 6.07) is 10.0. The van der Waals surface area contributed by atoms with Gasteiger partial charge in [0.1, 0.15) is 5.82 Å². The predicted molar refractivity (Wildman–Crippen MR) is 130 cm³/mol. The van der Waals surface area contributed by atoms with Crippen molar-refractivity contribution < 1.29 is 9.53 Å². The fourth-order valence-corrected chi connectivity index (χ4v) is 5.02. The Morgan fingerprint density at radius 2 is 2.03 bits per heavy atom. The highest BCUT2D eigenvalue weighted by atomic mass is 16.5. The number of ether oxygens (including phenoxy) is 1. The van der Waals surface area contributed by atoms with Gasteiger partial charge in [0.05, 0.1) is 30.2 Å². The Hall–Kier alpha value is -3.19. The minimum Gasteiger partial charge on any atom is -0.381 e. The molecule has 3 aliphatic rings. The van der Waals surface area contributed by atoms with E-state index in [-0.39, 0.29) is 0 Å². The highest BCUT2D eigenvalue weighted by Crippen LogP contribution is 2.38. The monoisotopic (exact) mass is 445 g/mol. The van der Waals surface area contributed by atoms with E-state index >= 15 is 0 Å². The molecule has 7 heteroatoms. The van der Waals surface area contributed by atoms with Crippen molar-refractivity contribution >= 4 is 23.6 Å². The molecule has 1 amide bonds. The number of fused-ring (bicyclic) bond motifs is 3. The first-order valence-electron chi connectivity index (χ1n) is 11.9. The third-order valence-electron chi connectivity index (χ3n) is 6.85. The van der Waals surface area contributed by atoms with Crippen molar-refractivity contribution in [1.29, 1.82) is 0 Å². The lowest BCUT2D eigenvalue weighted by Crippen LogP contribution is -2.19. The van der Waals surface area contributed by atoms with E-state index in [0.29, 0.717) is 12.6 Å². The first-order valence-corrected chi connectivity index (χ1v) is 11.9. The van der Waals surface area contributed by atoms with Crippen molar-refractivity contribution in [3.63, 3.8) is 0 Å². The number of benzene rings is 1. The molecule has 0 unspecified atom stereocenters. The molecule has 0 atom stereocenters. The zero-order valence-electron chi connectivity index (χ0n) is 19.2. The summed E-state index contributed by atoms with van der Waals surface area (Å²) >= 11 is 0. The highest BCUT2D eigenvalue weighted by molar-refractivity contribution is 5.90. The lowest BCUT2D eigenvalue weighted by atomic mass is 9.98. The Morgan fingerprint density at radius 3 is 2.82 bits per heavy atom. The second-order valence-electron chi connectivity index (χ2n) is 8.93. The summed E-state index contributed by atoms with van der Waals surface area (Å²) in [4.78, 5) is 17.9. The summed E-state index contributed by atoms with van der Waals surface area (Å²) < 4.78 is 7.27. The maximum absolute atomic E-state index is 11.7. The normalized spacial score (nSPS) is 17.1. The number of aryl methyl sites for hydroxylation is 1. The molecular weight excluding hydrogens is 414 g/mol. The van der Waals surface area contributed by atoms with Gasteiger partial charge in [0.25, 0.3) is 0 Å². The number of amides is 1. The molecule has 4 heterocycles. The average molecular weight is 446 g/mol. The Labute approximate surface area is 194 Å². The molecule has 0 radical (unpaired) electrons. The van der Waals surface area contributed by atoms with Crippen LogP contribution in [0, 0.1) is 0 Å². The van der Waals surface area contributed by atoms with Gasteiger partial charge in [-0.3, -0.25) is 9.48 Å². The van der Waals surface area contributed by atoms with E-state index in [1.54, 1.807) is 11.1 Å². The van der Waals surface area contributed by atoms with Crippen molar-refractivity contribution in [2.45, 2.75) is 64.1 Å². The van der Waals surface area contributed by atoms with E-state index in [4.69, 9.17) is 4.74 Å². The number of hydrogen-bond donors (Lipinski definition) is 1. The minimum atomic E-state index is 0.502. The highest BCUT2D eigenvalue weighted by Gasteiger charge is 2.22. The van der Waals surface area contributed by atoms with Gasteiger partial charge in [0, 0.05) is 36.7 Å². The molecule has 0 spiro atoms. The first-order chi connectivity index (χ1) is 16.3. The first kappa shape index (κ1) is 21.6. The van der Waals surface area contributed by atoms with Crippen molar-refractivity contribution in [2.24, 2.45) is 0 Å². The number of nitrogens with one attached hydrogen (secondary N) is 1. The van der Waals surface area contributed by atoms with Crippen LogP contribution in [-0.2, 0) is 29.0 Å². The van der Waals surface area contributed by atoms with Gasteiger partial charge in [-0.15, -0.1) is 0 Å². The van der Waals surface area contributed by atoms with Crippen LogP contribution in [0.2, 0.25) is 0 Å². The number of nitrogens with zero attached hydrogens (tertiary/aromatic N) is 4. The molecule has 1 fully saturated rings. The molecule has 1 saturated carbocycles. The van der Waals surface area contributed by atoms with Gasteiger partial charge in [0.15, 0.2) is 0 Å². The molecular formula is C26H31N5O2. The van der Waals surface area contributed by atoms with Gasteiger partial charge in [-0.2, -0.15) is 5.10 Å². The predicted octanol–water partition coefficient (Wildman–Crippen LogP) is 5.08. The lowest BCUT2D eigenvalue weighted by Gasteiger charge is -2.19. The third kappa shape index (κ3) is 4.50. The molecule has 7 nitrogen and oxygen atoms in total. The Morgan fingerprint density at radius 1 is 1.15 bits per heavy atom. The van der Waals surface area contributed by atoms with Crippen LogP contribution in [0.15, 0.2) is 42.7 Å². The largest absolute Gasteiger partial charge is 0.381 e. The number of aromatic nitrogens is 3. The maximum Gasteiger partial charge on any atom is 0.214 e. The second-order valence-corrected chi connectivity index (χ2v) is 8.93. The topological polar surface area (TPSA) is 72.3 Å². The molecule has 2 aliphatic heterocycles. The molecule has 0 saturated heterocycles. The van der Waals surface area contributed by atoms with Gasteiger partial charge in [-0.25, -0.2) is 4.98 Å².